The van der Waals surface area contributed by atoms with Crippen LogP contribution in [0.4, 0.5) is 0 Å². The molecule has 0 radical (unpaired) electrons. The van der Waals surface area contributed by atoms with Crippen LogP contribution in [0.2, 0.25) is 0 Å². The summed E-state index contributed by atoms with van der Waals surface area (Å²) in [5.41, 5.74) is 0. The number of aryl methyl sites for hydroxylation is 1. The van der Waals surface area contributed by atoms with Crippen molar-refractivity contribution in [1.29, 1.82) is 0 Å². The van der Waals surface area contributed by atoms with Gasteiger partial charge in [0.2, 0.25) is 0 Å². The van der Waals surface area contributed by atoms with Gasteiger partial charge in [-0.3, -0.25) is 4.90 Å². The molecule has 0 N–H and O–H groups in total. The molecule has 1 aromatic rings. The van der Waals surface area contributed by atoms with Gasteiger partial charge in [-0.1, -0.05) is 0 Å². The lowest BCUT2D eigenvalue weighted by atomic mass is 10.1. The second kappa shape index (κ2) is 4.10. The SMILES string of the molecule is Cn1nnc(CN2CCO[C@H]3CCC[C@H]32)n1. The number of tetrazole rings is 1. The number of ether oxygens (including phenoxy) is 1. The van der Waals surface area contributed by atoms with Crippen LogP contribution in [0.5, 0.6) is 0 Å². The van der Waals surface area contributed by atoms with E-state index in [1.54, 1.807) is 7.05 Å². The first kappa shape index (κ1) is 10.2. The highest BCUT2D eigenvalue weighted by molar-refractivity contribution is 4.91. The fourth-order valence-electron chi connectivity index (χ4n) is 2.77. The van der Waals surface area contributed by atoms with Gasteiger partial charge in [0.15, 0.2) is 5.82 Å². The predicted molar refractivity (Wildman–Crippen MR) is 56.6 cm³/mol. The molecule has 2 fully saturated rings. The zero-order valence-corrected chi connectivity index (χ0v) is 9.54. The second-order valence-electron chi connectivity index (χ2n) is 4.57. The van der Waals surface area contributed by atoms with Crippen molar-refractivity contribution in [1.82, 2.24) is 25.1 Å². The summed E-state index contributed by atoms with van der Waals surface area (Å²) in [5.74, 6) is 0.815. The van der Waals surface area contributed by atoms with Crippen LogP contribution in [-0.2, 0) is 18.3 Å². The van der Waals surface area contributed by atoms with Gasteiger partial charge >= 0.3 is 0 Å². The Morgan fingerprint density at radius 3 is 3.19 bits per heavy atom. The molecule has 3 rings (SSSR count). The molecule has 6 nitrogen and oxygen atoms in total. The van der Waals surface area contributed by atoms with Gasteiger partial charge in [0.25, 0.3) is 0 Å². The molecular weight excluding hydrogens is 206 g/mol. The van der Waals surface area contributed by atoms with Gasteiger partial charge in [-0.05, 0) is 24.5 Å². The van der Waals surface area contributed by atoms with E-state index >= 15 is 0 Å². The van der Waals surface area contributed by atoms with E-state index in [0.717, 1.165) is 25.5 Å². The van der Waals surface area contributed by atoms with Crippen molar-refractivity contribution in [3.8, 4) is 0 Å². The summed E-state index contributed by atoms with van der Waals surface area (Å²) in [7, 11) is 1.80. The van der Waals surface area contributed by atoms with Gasteiger partial charge in [-0.2, -0.15) is 4.80 Å². The molecule has 1 aliphatic heterocycles. The lowest BCUT2D eigenvalue weighted by Crippen LogP contribution is -2.48. The molecule has 2 heterocycles. The standard InChI is InChI=1S/C10H17N5O/c1-14-12-10(11-13-14)7-15-5-6-16-9-4-2-3-8(9)15/h8-9H,2-7H2,1H3/t8-,9+/m1/s1. The highest BCUT2D eigenvalue weighted by atomic mass is 16.5. The molecule has 0 aromatic carbocycles. The predicted octanol–water partition coefficient (Wildman–Crippen LogP) is -0.0366. The number of nitrogens with zero attached hydrogens (tertiary/aromatic N) is 5. The van der Waals surface area contributed by atoms with E-state index in [1.807, 2.05) is 0 Å². The molecule has 1 saturated heterocycles. The second-order valence-corrected chi connectivity index (χ2v) is 4.57. The van der Waals surface area contributed by atoms with Crippen molar-refractivity contribution in [2.24, 2.45) is 7.05 Å². The molecule has 6 heteroatoms. The number of hydrogen-bond donors (Lipinski definition) is 0. The first-order chi connectivity index (χ1) is 7.83. The molecule has 2 atom stereocenters. The highest BCUT2D eigenvalue weighted by Crippen LogP contribution is 2.30. The molecule has 0 bridgehead atoms. The van der Waals surface area contributed by atoms with Gasteiger partial charge in [-0.25, -0.2) is 0 Å². The Balaban J connectivity index is 1.69. The smallest absolute Gasteiger partial charge is 0.188 e. The van der Waals surface area contributed by atoms with Crippen LogP contribution in [0.1, 0.15) is 25.1 Å². The third-order valence-corrected chi connectivity index (χ3v) is 3.49. The quantitative estimate of drug-likeness (QED) is 0.704. The van der Waals surface area contributed by atoms with Crippen molar-refractivity contribution in [2.45, 2.75) is 38.0 Å². The topological polar surface area (TPSA) is 56.1 Å². The zero-order valence-electron chi connectivity index (χ0n) is 9.54. The Morgan fingerprint density at radius 2 is 2.38 bits per heavy atom. The number of morpholine rings is 1. The van der Waals surface area contributed by atoms with Crippen LogP contribution in [-0.4, -0.2) is 50.4 Å². The van der Waals surface area contributed by atoms with Crippen molar-refractivity contribution >= 4 is 0 Å². The van der Waals surface area contributed by atoms with Crippen molar-refractivity contribution < 1.29 is 4.74 Å². The fourth-order valence-corrected chi connectivity index (χ4v) is 2.77. The molecule has 0 amide bonds. The molecule has 1 saturated carbocycles. The monoisotopic (exact) mass is 223 g/mol. The van der Waals surface area contributed by atoms with Crippen LogP contribution >= 0.6 is 0 Å². The summed E-state index contributed by atoms with van der Waals surface area (Å²) in [6.07, 6.45) is 4.16. The summed E-state index contributed by atoms with van der Waals surface area (Å²) < 4.78 is 5.77. The molecular formula is C10H17N5O. The molecule has 0 spiro atoms. The summed E-state index contributed by atoms with van der Waals surface area (Å²) in [6.45, 7) is 2.62. The molecule has 88 valence electrons. The third kappa shape index (κ3) is 1.82. The Bertz CT molecular complexity index is 366. The van der Waals surface area contributed by atoms with Crippen LogP contribution in [0, 0.1) is 0 Å². The minimum Gasteiger partial charge on any atom is -0.375 e. The van der Waals surface area contributed by atoms with Crippen LogP contribution in [0.3, 0.4) is 0 Å². The van der Waals surface area contributed by atoms with E-state index in [0.29, 0.717) is 12.1 Å². The summed E-state index contributed by atoms with van der Waals surface area (Å²) in [4.78, 5) is 3.96. The fraction of sp³-hybridized carbons (Fsp3) is 0.900. The third-order valence-electron chi connectivity index (χ3n) is 3.49. The lowest BCUT2D eigenvalue weighted by Gasteiger charge is -2.36. The minimum atomic E-state index is 0.436. The average Bonchev–Trinajstić information content (AvgIpc) is 2.87. The largest absolute Gasteiger partial charge is 0.375 e. The van der Waals surface area contributed by atoms with Gasteiger partial charge in [0.1, 0.15) is 0 Å². The summed E-state index contributed by atoms with van der Waals surface area (Å²) >= 11 is 0. The highest BCUT2D eigenvalue weighted by Gasteiger charge is 2.36. The maximum atomic E-state index is 5.77. The van der Waals surface area contributed by atoms with Crippen LogP contribution < -0.4 is 0 Å². The van der Waals surface area contributed by atoms with E-state index in [1.165, 1.54) is 24.1 Å². The molecule has 1 aromatic heterocycles. The average molecular weight is 223 g/mol. The van der Waals surface area contributed by atoms with Crippen molar-refractivity contribution in [3.05, 3.63) is 5.82 Å². The molecule has 16 heavy (non-hydrogen) atoms. The number of hydrogen-bond acceptors (Lipinski definition) is 5. The first-order valence-corrected chi connectivity index (χ1v) is 5.91. The molecule has 2 aliphatic rings. The minimum absolute atomic E-state index is 0.436. The molecule has 0 unspecified atom stereocenters. The van der Waals surface area contributed by atoms with Gasteiger partial charge in [-0.15, -0.1) is 10.2 Å². The van der Waals surface area contributed by atoms with E-state index in [-0.39, 0.29) is 0 Å². The Kier molecular flexibility index (Phi) is 2.61. The Morgan fingerprint density at radius 1 is 1.44 bits per heavy atom. The van der Waals surface area contributed by atoms with E-state index in [4.69, 9.17) is 4.74 Å². The van der Waals surface area contributed by atoms with E-state index in [2.05, 4.69) is 20.3 Å². The van der Waals surface area contributed by atoms with E-state index < -0.39 is 0 Å². The first-order valence-electron chi connectivity index (χ1n) is 5.91. The van der Waals surface area contributed by atoms with Gasteiger partial charge in [0.05, 0.1) is 26.3 Å². The maximum absolute atomic E-state index is 5.77. The summed E-state index contributed by atoms with van der Waals surface area (Å²) in [6, 6.07) is 0.567. The Hall–Kier alpha value is -1.01. The van der Waals surface area contributed by atoms with Gasteiger partial charge < -0.3 is 4.74 Å². The van der Waals surface area contributed by atoms with Crippen molar-refractivity contribution in [3.63, 3.8) is 0 Å². The molecule has 1 aliphatic carbocycles. The maximum Gasteiger partial charge on any atom is 0.188 e. The van der Waals surface area contributed by atoms with Crippen LogP contribution in [0.25, 0.3) is 0 Å². The zero-order chi connectivity index (χ0) is 11.0. The van der Waals surface area contributed by atoms with Crippen molar-refractivity contribution in [2.75, 3.05) is 13.2 Å². The number of aromatic nitrogens is 4. The Labute approximate surface area is 94.6 Å². The summed E-state index contributed by atoms with van der Waals surface area (Å²) in [5, 5.41) is 12.1. The van der Waals surface area contributed by atoms with Gasteiger partial charge in [0, 0.05) is 12.6 Å². The lowest BCUT2D eigenvalue weighted by molar-refractivity contribution is -0.0596. The van der Waals surface area contributed by atoms with E-state index in [9.17, 15) is 0 Å². The number of fused-ring (bicyclic) bond motifs is 1. The normalized spacial score (nSPS) is 30.6. The van der Waals surface area contributed by atoms with Crippen LogP contribution in [0.15, 0.2) is 0 Å². The number of rotatable bonds is 2.